The Balaban J connectivity index is 0.00000225. The van der Waals surface area contributed by atoms with E-state index in [1.54, 1.807) is 41.2 Å². The molecule has 3 rings (SSSR count). The highest BCUT2D eigenvalue weighted by atomic mass is 35.5. The number of nitrogens with one attached hydrogen (secondary N) is 2. The number of nitrogens with zero attached hydrogens (tertiary/aromatic N) is 1. The van der Waals surface area contributed by atoms with Crippen LogP contribution in [-0.4, -0.2) is 49.4 Å². The summed E-state index contributed by atoms with van der Waals surface area (Å²) in [5.74, 6) is 1.38. The lowest BCUT2D eigenvalue weighted by Gasteiger charge is -2.26. The van der Waals surface area contributed by atoms with Crippen molar-refractivity contribution in [3.63, 3.8) is 0 Å². The standard InChI is InChI=1S/C16H23N3O3S2.ClH/c1-12-5-6-13(18-16(20)14-10-23-11-17-14)9-15(12)24(21,22)19-7-3-2-4-8-19;/h5-6,9,14,17H,2-4,7-8,10-11H2,1H3,(H,18,20);1H. The largest absolute Gasteiger partial charge is 0.325 e. The first-order valence-electron chi connectivity index (χ1n) is 8.21. The monoisotopic (exact) mass is 405 g/mol. The molecule has 2 aliphatic heterocycles. The van der Waals surface area contributed by atoms with Gasteiger partial charge in [-0.2, -0.15) is 4.31 Å². The first-order valence-corrected chi connectivity index (χ1v) is 10.8. The number of sulfonamides is 1. The molecule has 2 fully saturated rings. The average molecular weight is 406 g/mol. The number of hydrogen-bond donors (Lipinski definition) is 2. The van der Waals surface area contributed by atoms with E-state index in [0.29, 0.717) is 24.3 Å². The summed E-state index contributed by atoms with van der Waals surface area (Å²) in [5, 5.41) is 5.94. The number of aryl methyl sites for hydroxylation is 1. The van der Waals surface area contributed by atoms with Crippen LogP contribution < -0.4 is 10.6 Å². The van der Waals surface area contributed by atoms with E-state index in [0.717, 1.165) is 30.9 Å². The van der Waals surface area contributed by atoms with Gasteiger partial charge in [-0.05, 0) is 37.5 Å². The number of anilines is 1. The second kappa shape index (κ2) is 8.73. The van der Waals surface area contributed by atoms with E-state index in [9.17, 15) is 13.2 Å². The molecular weight excluding hydrogens is 382 g/mol. The molecule has 140 valence electrons. The Hall–Kier alpha value is -0.800. The molecule has 0 bridgehead atoms. The number of halogens is 1. The van der Waals surface area contributed by atoms with Crippen molar-refractivity contribution in [1.82, 2.24) is 9.62 Å². The van der Waals surface area contributed by atoms with Gasteiger partial charge in [0.25, 0.3) is 0 Å². The van der Waals surface area contributed by atoms with E-state index in [4.69, 9.17) is 0 Å². The SMILES string of the molecule is Cc1ccc(NC(=O)C2CSCN2)cc1S(=O)(=O)N1CCCCC1.Cl. The van der Waals surface area contributed by atoms with Crippen molar-refractivity contribution in [3.8, 4) is 0 Å². The third-order valence-electron chi connectivity index (χ3n) is 4.42. The second-order valence-corrected chi connectivity index (χ2v) is 9.14. The van der Waals surface area contributed by atoms with Crippen LogP contribution in [0.4, 0.5) is 5.69 Å². The van der Waals surface area contributed by atoms with Crippen LogP contribution in [0, 0.1) is 6.92 Å². The summed E-state index contributed by atoms with van der Waals surface area (Å²) in [4.78, 5) is 12.5. The molecule has 1 amide bonds. The number of piperidine rings is 1. The number of thioether (sulfide) groups is 1. The van der Waals surface area contributed by atoms with E-state index < -0.39 is 10.0 Å². The predicted octanol–water partition coefficient (Wildman–Crippen LogP) is 2.19. The van der Waals surface area contributed by atoms with Crippen molar-refractivity contribution >= 4 is 45.8 Å². The minimum absolute atomic E-state index is 0. The van der Waals surface area contributed by atoms with Gasteiger partial charge in [-0.1, -0.05) is 12.5 Å². The van der Waals surface area contributed by atoms with Crippen molar-refractivity contribution in [1.29, 1.82) is 0 Å². The smallest absolute Gasteiger partial charge is 0.243 e. The van der Waals surface area contributed by atoms with Gasteiger partial charge in [-0.3, -0.25) is 10.1 Å². The second-order valence-electron chi connectivity index (χ2n) is 6.21. The summed E-state index contributed by atoms with van der Waals surface area (Å²) >= 11 is 1.68. The summed E-state index contributed by atoms with van der Waals surface area (Å²) in [5.41, 5.74) is 1.23. The predicted molar refractivity (Wildman–Crippen MR) is 104 cm³/mol. The van der Waals surface area contributed by atoms with Crippen molar-refractivity contribution in [2.45, 2.75) is 37.1 Å². The average Bonchev–Trinajstić information content (AvgIpc) is 3.12. The van der Waals surface area contributed by atoms with E-state index in [-0.39, 0.29) is 29.3 Å². The zero-order valence-corrected chi connectivity index (χ0v) is 16.6. The van der Waals surface area contributed by atoms with Crippen LogP contribution in [0.2, 0.25) is 0 Å². The fourth-order valence-corrected chi connectivity index (χ4v) is 5.70. The molecule has 0 radical (unpaired) electrons. The first-order chi connectivity index (χ1) is 11.5. The minimum atomic E-state index is -3.51. The van der Waals surface area contributed by atoms with E-state index in [1.165, 1.54) is 0 Å². The molecule has 0 aliphatic carbocycles. The molecule has 2 N–H and O–H groups in total. The number of rotatable bonds is 4. The fourth-order valence-electron chi connectivity index (χ4n) is 2.99. The highest BCUT2D eigenvalue weighted by Crippen LogP contribution is 2.26. The lowest BCUT2D eigenvalue weighted by molar-refractivity contribution is -0.117. The summed E-state index contributed by atoms with van der Waals surface area (Å²) < 4.78 is 27.4. The molecule has 1 atom stereocenters. The van der Waals surface area contributed by atoms with E-state index in [2.05, 4.69) is 10.6 Å². The molecule has 6 nitrogen and oxygen atoms in total. The van der Waals surface area contributed by atoms with Gasteiger partial charge in [0.2, 0.25) is 15.9 Å². The minimum Gasteiger partial charge on any atom is -0.325 e. The fraction of sp³-hybridized carbons (Fsp3) is 0.562. The molecule has 2 heterocycles. The lowest BCUT2D eigenvalue weighted by atomic mass is 10.2. The highest BCUT2D eigenvalue weighted by Gasteiger charge is 2.28. The van der Waals surface area contributed by atoms with Crippen LogP contribution in [0.15, 0.2) is 23.1 Å². The quantitative estimate of drug-likeness (QED) is 0.802. The van der Waals surface area contributed by atoms with E-state index >= 15 is 0 Å². The van der Waals surface area contributed by atoms with Crippen molar-refractivity contribution in [3.05, 3.63) is 23.8 Å². The summed E-state index contributed by atoms with van der Waals surface area (Å²) in [6.07, 6.45) is 2.88. The summed E-state index contributed by atoms with van der Waals surface area (Å²) in [7, 11) is -3.51. The molecule has 2 saturated heterocycles. The maximum Gasteiger partial charge on any atom is 0.243 e. The Bertz CT molecular complexity index is 715. The first kappa shape index (κ1) is 20.5. The van der Waals surface area contributed by atoms with Crippen molar-refractivity contribution in [2.75, 3.05) is 30.0 Å². The van der Waals surface area contributed by atoms with Crippen LogP contribution in [-0.2, 0) is 14.8 Å². The van der Waals surface area contributed by atoms with Crippen LogP contribution >= 0.6 is 24.2 Å². The maximum absolute atomic E-state index is 12.9. The molecule has 2 aliphatic rings. The Kier molecular flexibility index (Phi) is 7.16. The molecule has 0 aromatic heterocycles. The number of amides is 1. The van der Waals surface area contributed by atoms with Crippen LogP contribution in [0.3, 0.4) is 0 Å². The lowest BCUT2D eigenvalue weighted by Crippen LogP contribution is -2.37. The number of hydrogen-bond acceptors (Lipinski definition) is 5. The number of carbonyl (C=O) groups is 1. The van der Waals surface area contributed by atoms with Gasteiger partial charge in [0, 0.05) is 30.4 Å². The molecular formula is C16H24ClN3O3S2. The van der Waals surface area contributed by atoms with Crippen LogP contribution in [0.25, 0.3) is 0 Å². The zero-order chi connectivity index (χ0) is 17.2. The molecule has 9 heteroatoms. The van der Waals surface area contributed by atoms with Gasteiger partial charge in [-0.25, -0.2) is 8.42 Å². The zero-order valence-electron chi connectivity index (χ0n) is 14.2. The Morgan fingerprint density at radius 2 is 2.00 bits per heavy atom. The molecule has 1 aromatic rings. The molecule has 25 heavy (non-hydrogen) atoms. The van der Waals surface area contributed by atoms with Gasteiger partial charge < -0.3 is 5.32 Å². The normalized spacial score (nSPS) is 21.6. The van der Waals surface area contributed by atoms with Gasteiger partial charge in [-0.15, -0.1) is 24.2 Å². The molecule has 1 aromatic carbocycles. The number of carbonyl (C=O) groups excluding carboxylic acids is 1. The van der Waals surface area contributed by atoms with Gasteiger partial charge >= 0.3 is 0 Å². The topological polar surface area (TPSA) is 78.5 Å². The van der Waals surface area contributed by atoms with Gasteiger partial charge in [0.15, 0.2) is 0 Å². The Morgan fingerprint density at radius 1 is 1.28 bits per heavy atom. The van der Waals surface area contributed by atoms with Crippen molar-refractivity contribution in [2.24, 2.45) is 0 Å². The third kappa shape index (κ3) is 4.68. The number of benzene rings is 1. The molecule has 0 saturated carbocycles. The Labute approximate surface area is 159 Å². The van der Waals surface area contributed by atoms with Crippen molar-refractivity contribution < 1.29 is 13.2 Å². The van der Waals surface area contributed by atoms with Crippen LogP contribution in [0.1, 0.15) is 24.8 Å². The molecule has 0 spiro atoms. The van der Waals surface area contributed by atoms with Gasteiger partial charge in [0.1, 0.15) is 0 Å². The van der Waals surface area contributed by atoms with Crippen LogP contribution in [0.5, 0.6) is 0 Å². The van der Waals surface area contributed by atoms with Gasteiger partial charge in [0.05, 0.1) is 10.9 Å². The Morgan fingerprint density at radius 3 is 2.64 bits per heavy atom. The maximum atomic E-state index is 12.9. The molecule has 1 unspecified atom stereocenters. The van der Waals surface area contributed by atoms with E-state index in [1.807, 2.05) is 0 Å². The summed E-state index contributed by atoms with van der Waals surface area (Å²) in [6.45, 7) is 2.93. The third-order valence-corrected chi connectivity index (χ3v) is 7.40. The highest BCUT2D eigenvalue weighted by molar-refractivity contribution is 7.99. The summed E-state index contributed by atoms with van der Waals surface area (Å²) in [6, 6.07) is 4.87.